The summed E-state index contributed by atoms with van der Waals surface area (Å²) in [6, 6.07) is 5.84. The Morgan fingerprint density at radius 2 is 2.22 bits per heavy atom. The molecule has 1 aromatic carbocycles. The number of hydrogen-bond donors (Lipinski definition) is 2. The highest BCUT2D eigenvalue weighted by molar-refractivity contribution is 5.95. The standard InChI is InChI=1S/C15H17NO2/c1-10-6-12(4-3-5-17)9-13(7-10)15(18)16-14-8-11(14)2/h6-7,9,11,14,17H,5,8H2,1-2H3,(H,16,18). The third-order valence-electron chi connectivity index (χ3n) is 3.08. The number of amides is 1. The van der Waals surface area contributed by atoms with E-state index in [1.165, 1.54) is 0 Å². The predicted octanol–water partition coefficient (Wildman–Crippen LogP) is 1.48. The lowest BCUT2D eigenvalue weighted by Gasteiger charge is -2.05. The van der Waals surface area contributed by atoms with Crippen LogP contribution in [0.4, 0.5) is 0 Å². The second-order valence-corrected chi connectivity index (χ2v) is 4.84. The van der Waals surface area contributed by atoms with Gasteiger partial charge in [0.2, 0.25) is 0 Å². The molecule has 2 N–H and O–H groups in total. The fraction of sp³-hybridized carbons (Fsp3) is 0.400. The Hall–Kier alpha value is -1.79. The van der Waals surface area contributed by atoms with Gasteiger partial charge < -0.3 is 10.4 Å². The van der Waals surface area contributed by atoms with Crippen LogP contribution in [0.1, 0.15) is 34.8 Å². The lowest BCUT2D eigenvalue weighted by atomic mass is 10.1. The van der Waals surface area contributed by atoms with Gasteiger partial charge in [0.1, 0.15) is 6.61 Å². The summed E-state index contributed by atoms with van der Waals surface area (Å²) in [5.74, 6) is 5.97. The molecule has 0 saturated heterocycles. The van der Waals surface area contributed by atoms with Gasteiger partial charge in [0, 0.05) is 17.2 Å². The number of benzene rings is 1. The highest BCUT2D eigenvalue weighted by Crippen LogP contribution is 2.29. The minimum absolute atomic E-state index is 0.0416. The van der Waals surface area contributed by atoms with Crippen molar-refractivity contribution in [2.45, 2.75) is 26.3 Å². The number of aliphatic hydroxyl groups is 1. The van der Waals surface area contributed by atoms with Crippen LogP contribution in [0.15, 0.2) is 18.2 Å². The number of hydrogen-bond acceptors (Lipinski definition) is 2. The average molecular weight is 243 g/mol. The van der Waals surface area contributed by atoms with Crippen LogP contribution in [0.2, 0.25) is 0 Å². The predicted molar refractivity (Wildman–Crippen MR) is 70.2 cm³/mol. The second kappa shape index (κ2) is 5.24. The van der Waals surface area contributed by atoms with Crippen LogP contribution in [0.3, 0.4) is 0 Å². The van der Waals surface area contributed by atoms with Gasteiger partial charge in [0.15, 0.2) is 0 Å². The topological polar surface area (TPSA) is 49.3 Å². The Labute approximate surface area is 107 Å². The van der Waals surface area contributed by atoms with Crippen LogP contribution >= 0.6 is 0 Å². The zero-order chi connectivity index (χ0) is 13.1. The molecule has 1 amide bonds. The normalized spacial score (nSPS) is 20.8. The summed E-state index contributed by atoms with van der Waals surface area (Å²) in [4.78, 5) is 12.0. The molecule has 0 bridgehead atoms. The Morgan fingerprint density at radius 3 is 2.83 bits per heavy atom. The molecule has 0 radical (unpaired) electrons. The third kappa shape index (κ3) is 3.12. The zero-order valence-corrected chi connectivity index (χ0v) is 10.7. The van der Waals surface area contributed by atoms with E-state index in [2.05, 4.69) is 24.1 Å². The first kappa shape index (κ1) is 12.7. The Balaban J connectivity index is 2.16. The molecule has 1 aromatic rings. The van der Waals surface area contributed by atoms with Crippen molar-refractivity contribution in [2.24, 2.45) is 5.92 Å². The Bertz CT molecular complexity index is 525. The second-order valence-electron chi connectivity index (χ2n) is 4.84. The summed E-state index contributed by atoms with van der Waals surface area (Å²) < 4.78 is 0. The molecule has 3 nitrogen and oxygen atoms in total. The van der Waals surface area contributed by atoms with E-state index in [1.807, 2.05) is 19.1 Å². The number of carbonyl (C=O) groups is 1. The number of aliphatic hydroxyl groups excluding tert-OH is 1. The van der Waals surface area contributed by atoms with Crippen molar-refractivity contribution in [2.75, 3.05) is 6.61 Å². The van der Waals surface area contributed by atoms with Crippen LogP contribution in [0.5, 0.6) is 0 Å². The summed E-state index contributed by atoms with van der Waals surface area (Å²) in [6.07, 6.45) is 1.06. The van der Waals surface area contributed by atoms with Gasteiger partial charge in [-0.05, 0) is 43.0 Å². The van der Waals surface area contributed by atoms with Crippen molar-refractivity contribution >= 4 is 5.91 Å². The number of aryl methyl sites for hydroxylation is 1. The van der Waals surface area contributed by atoms with E-state index in [9.17, 15) is 4.79 Å². The van der Waals surface area contributed by atoms with Crippen molar-refractivity contribution in [1.82, 2.24) is 5.32 Å². The summed E-state index contributed by atoms with van der Waals surface area (Å²) in [6.45, 7) is 3.88. The molecule has 0 aliphatic heterocycles. The average Bonchev–Trinajstić information content (AvgIpc) is 3.01. The van der Waals surface area contributed by atoms with Gasteiger partial charge in [0.25, 0.3) is 5.91 Å². The van der Waals surface area contributed by atoms with Crippen LogP contribution < -0.4 is 5.32 Å². The fourth-order valence-electron chi connectivity index (χ4n) is 1.90. The summed E-state index contributed by atoms with van der Waals surface area (Å²) >= 11 is 0. The van der Waals surface area contributed by atoms with Gasteiger partial charge in [-0.2, -0.15) is 0 Å². The van der Waals surface area contributed by atoms with Crippen LogP contribution in [0, 0.1) is 24.7 Å². The smallest absolute Gasteiger partial charge is 0.251 e. The molecule has 1 saturated carbocycles. The van der Waals surface area contributed by atoms with E-state index in [4.69, 9.17) is 5.11 Å². The monoisotopic (exact) mass is 243 g/mol. The number of rotatable bonds is 2. The molecule has 0 spiro atoms. The first-order valence-electron chi connectivity index (χ1n) is 6.12. The van der Waals surface area contributed by atoms with Gasteiger partial charge in [0.05, 0.1) is 0 Å². The van der Waals surface area contributed by atoms with E-state index in [0.29, 0.717) is 17.5 Å². The van der Waals surface area contributed by atoms with Gasteiger partial charge in [-0.3, -0.25) is 4.79 Å². The highest BCUT2D eigenvalue weighted by Gasteiger charge is 2.33. The van der Waals surface area contributed by atoms with Gasteiger partial charge in [-0.25, -0.2) is 0 Å². The minimum atomic E-state index is -0.172. The van der Waals surface area contributed by atoms with E-state index in [1.54, 1.807) is 6.07 Å². The minimum Gasteiger partial charge on any atom is -0.384 e. The van der Waals surface area contributed by atoms with Gasteiger partial charge in [-0.15, -0.1) is 0 Å². The molecule has 1 fully saturated rings. The van der Waals surface area contributed by atoms with Crippen LogP contribution in [-0.2, 0) is 0 Å². The molecule has 2 atom stereocenters. The van der Waals surface area contributed by atoms with E-state index in [0.717, 1.165) is 17.5 Å². The van der Waals surface area contributed by atoms with E-state index < -0.39 is 0 Å². The molecule has 18 heavy (non-hydrogen) atoms. The molecule has 0 heterocycles. The summed E-state index contributed by atoms with van der Waals surface area (Å²) in [5, 5.41) is 11.7. The lowest BCUT2D eigenvalue weighted by molar-refractivity contribution is 0.0949. The van der Waals surface area contributed by atoms with E-state index in [-0.39, 0.29) is 12.5 Å². The molecule has 2 unspecified atom stereocenters. The molecular weight excluding hydrogens is 226 g/mol. The molecule has 2 rings (SSSR count). The van der Waals surface area contributed by atoms with E-state index >= 15 is 0 Å². The van der Waals surface area contributed by atoms with Crippen LogP contribution in [0.25, 0.3) is 0 Å². The lowest BCUT2D eigenvalue weighted by Crippen LogP contribution is -2.26. The molecule has 1 aliphatic rings. The largest absolute Gasteiger partial charge is 0.384 e. The first-order chi connectivity index (χ1) is 8.60. The molecular formula is C15H17NO2. The maximum atomic E-state index is 12.0. The van der Waals surface area contributed by atoms with Crippen molar-refractivity contribution in [1.29, 1.82) is 0 Å². The summed E-state index contributed by atoms with van der Waals surface area (Å²) in [5.41, 5.74) is 2.39. The maximum absolute atomic E-state index is 12.0. The van der Waals surface area contributed by atoms with Crippen molar-refractivity contribution in [3.05, 3.63) is 34.9 Å². The number of nitrogens with one attached hydrogen (secondary N) is 1. The first-order valence-corrected chi connectivity index (χ1v) is 6.12. The third-order valence-corrected chi connectivity index (χ3v) is 3.08. The molecule has 3 heteroatoms. The van der Waals surface area contributed by atoms with Gasteiger partial charge in [-0.1, -0.05) is 18.8 Å². The maximum Gasteiger partial charge on any atom is 0.251 e. The summed E-state index contributed by atoms with van der Waals surface area (Å²) in [7, 11) is 0. The SMILES string of the molecule is Cc1cc(C#CCO)cc(C(=O)NC2CC2C)c1. The van der Waals surface area contributed by atoms with Gasteiger partial charge >= 0.3 is 0 Å². The zero-order valence-electron chi connectivity index (χ0n) is 10.7. The van der Waals surface area contributed by atoms with Crippen molar-refractivity contribution in [3.8, 4) is 11.8 Å². The Morgan fingerprint density at radius 1 is 1.50 bits per heavy atom. The fourth-order valence-corrected chi connectivity index (χ4v) is 1.90. The van der Waals surface area contributed by atoms with Crippen LogP contribution in [-0.4, -0.2) is 23.7 Å². The highest BCUT2D eigenvalue weighted by atomic mass is 16.2. The Kier molecular flexibility index (Phi) is 3.69. The van der Waals surface area contributed by atoms with Crippen molar-refractivity contribution < 1.29 is 9.90 Å². The molecule has 0 aromatic heterocycles. The van der Waals surface area contributed by atoms with Crippen molar-refractivity contribution in [3.63, 3.8) is 0 Å². The number of carbonyl (C=O) groups excluding carboxylic acids is 1. The molecule has 94 valence electrons. The molecule has 1 aliphatic carbocycles. The quantitative estimate of drug-likeness (QED) is 0.773.